The number of nitrogens with zero attached hydrogens (tertiary/aromatic N) is 1. The van der Waals surface area contributed by atoms with E-state index in [2.05, 4.69) is 16.0 Å². The lowest BCUT2D eigenvalue weighted by Crippen LogP contribution is -2.28. The topological polar surface area (TPSA) is 73.5 Å². The highest BCUT2D eigenvalue weighted by Gasteiger charge is 2.21. The van der Waals surface area contributed by atoms with E-state index in [1.807, 2.05) is 56.3 Å². The van der Waals surface area contributed by atoms with Crippen LogP contribution >= 0.6 is 0 Å². The first kappa shape index (κ1) is 16.8. The number of para-hydroxylation sites is 1. The van der Waals surface area contributed by atoms with Crippen LogP contribution in [-0.2, 0) is 4.79 Å². The SMILES string of the molecule is Cc1cccc(C)c1NCC(=O)Nc1cccc(N2CCNC2=O)c1. The van der Waals surface area contributed by atoms with E-state index in [4.69, 9.17) is 0 Å². The third-order valence-corrected chi connectivity index (χ3v) is 4.21. The highest BCUT2D eigenvalue weighted by atomic mass is 16.2. The number of benzene rings is 2. The quantitative estimate of drug-likeness (QED) is 0.785. The summed E-state index contributed by atoms with van der Waals surface area (Å²) in [6.07, 6.45) is 0. The molecule has 2 aromatic carbocycles. The van der Waals surface area contributed by atoms with Crippen LogP contribution in [0.3, 0.4) is 0 Å². The van der Waals surface area contributed by atoms with Gasteiger partial charge in [-0.15, -0.1) is 0 Å². The van der Waals surface area contributed by atoms with Gasteiger partial charge >= 0.3 is 6.03 Å². The zero-order valence-corrected chi connectivity index (χ0v) is 14.4. The molecule has 1 aliphatic heterocycles. The van der Waals surface area contributed by atoms with Gasteiger partial charge in [0.25, 0.3) is 0 Å². The minimum atomic E-state index is -0.134. The Kier molecular flexibility index (Phi) is 4.88. The summed E-state index contributed by atoms with van der Waals surface area (Å²) in [6.45, 7) is 5.47. The van der Waals surface area contributed by atoms with Crippen molar-refractivity contribution >= 4 is 29.0 Å². The summed E-state index contributed by atoms with van der Waals surface area (Å²) < 4.78 is 0. The van der Waals surface area contributed by atoms with E-state index < -0.39 is 0 Å². The molecule has 6 nitrogen and oxygen atoms in total. The lowest BCUT2D eigenvalue weighted by Gasteiger charge is -2.16. The van der Waals surface area contributed by atoms with E-state index in [0.29, 0.717) is 18.8 Å². The fourth-order valence-corrected chi connectivity index (χ4v) is 2.94. The average molecular weight is 338 g/mol. The van der Waals surface area contributed by atoms with Gasteiger partial charge in [-0.1, -0.05) is 24.3 Å². The Balaban J connectivity index is 1.62. The Bertz CT molecular complexity index is 784. The molecule has 0 spiro atoms. The van der Waals surface area contributed by atoms with Crippen LogP contribution in [0.15, 0.2) is 42.5 Å². The Morgan fingerprint density at radius 1 is 1.16 bits per heavy atom. The summed E-state index contributed by atoms with van der Waals surface area (Å²) in [5.41, 5.74) is 4.64. The van der Waals surface area contributed by atoms with Crippen molar-refractivity contribution in [2.45, 2.75) is 13.8 Å². The molecule has 3 N–H and O–H groups in total. The van der Waals surface area contributed by atoms with E-state index >= 15 is 0 Å². The molecule has 1 aliphatic rings. The second kappa shape index (κ2) is 7.25. The highest BCUT2D eigenvalue weighted by Crippen LogP contribution is 2.21. The first-order valence-electron chi connectivity index (χ1n) is 8.30. The van der Waals surface area contributed by atoms with Crippen molar-refractivity contribution in [2.75, 3.05) is 35.2 Å². The van der Waals surface area contributed by atoms with Crippen LogP contribution in [0.5, 0.6) is 0 Å². The molecule has 1 fully saturated rings. The molecular weight excluding hydrogens is 316 g/mol. The molecule has 0 aliphatic carbocycles. The molecule has 130 valence electrons. The predicted molar refractivity (Wildman–Crippen MR) is 100 cm³/mol. The molecule has 0 unspecified atom stereocenters. The maximum atomic E-state index is 12.2. The number of amides is 3. The number of urea groups is 1. The minimum absolute atomic E-state index is 0.111. The maximum Gasteiger partial charge on any atom is 0.321 e. The van der Waals surface area contributed by atoms with Crippen molar-refractivity contribution in [3.8, 4) is 0 Å². The lowest BCUT2D eigenvalue weighted by molar-refractivity contribution is -0.114. The number of carbonyl (C=O) groups is 2. The molecule has 6 heteroatoms. The third-order valence-electron chi connectivity index (χ3n) is 4.21. The van der Waals surface area contributed by atoms with Gasteiger partial charge in [-0.2, -0.15) is 0 Å². The van der Waals surface area contributed by atoms with Gasteiger partial charge in [-0.3, -0.25) is 9.69 Å². The van der Waals surface area contributed by atoms with Crippen LogP contribution in [0.25, 0.3) is 0 Å². The van der Waals surface area contributed by atoms with E-state index in [0.717, 1.165) is 22.5 Å². The summed E-state index contributed by atoms with van der Waals surface area (Å²) in [7, 11) is 0. The predicted octanol–water partition coefficient (Wildman–Crippen LogP) is 2.88. The van der Waals surface area contributed by atoms with Crippen LogP contribution in [-0.4, -0.2) is 31.6 Å². The largest absolute Gasteiger partial charge is 0.376 e. The zero-order valence-electron chi connectivity index (χ0n) is 14.4. The van der Waals surface area contributed by atoms with E-state index in [-0.39, 0.29) is 18.5 Å². The summed E-state index contributed by atoms with van der Waals surface area (Å²) >= 11 is 0. The van der Waals surface area contributed by atoms with Crippen LogP contribution < -0.4 is 20.9 Å². The molecule has 25 heavy (non-hydrogen) atoms. The summed E-state index contributed by atoms with van der Waals surface area (Å²) in [5.74, 6) is -0.134. The number of anilines is 3. The number of aryl methyl sites for hydroxylation is 2. The first-order chi connectivity index (χ1) is 12.0. The van der Waals surface area contributed by atoms with Gasteiger partial charge in [0, 0.05) is 30.2 Å². The Morgan fingerprint density at radius 3 is 2.56 bits per heavy atom. The van der Waals surface area contributed by atoms with Crippen molar-refractivity contribution in [1.29, 1.82) is 0 Å². The number of hydrogen-bond acceptors (Lipinski definition) is 3. The van der Waals surface area contributed by atoms with Crippen LogP contribution in [0, 0.1) is 13.8 Å². The minimum Gasteiger partial charge on any atom is -0.376 e. The second-order valence-corrected chi connectivity index (χ2v) is 6.10. The molecule has 0 atom stereocenters. The Hall–Kier alpha value is -3.02. The van der Waals surface area contributed by atoms with Crippen LogP contribution in [0.2, 0.25) is 0 Å². The van der Waals surface area contributed by atoms with Gasteiger partial charge in [-0.05, 0) is 43.2 Å². The molecule has 1 saturated heterocycles. The monoisotopic (exact) mass is 338 g/mol. The molecule has 1 heterocycles. The van der Waals surface area contributed by atoms with Gasteiger partial charge < -0.3 is 16.0 Å². The first-order valence-corrected chi connectivity index (χ1v) is 8.30. The molecule has 0 aromatic heterocycles. The summed E-state index contributed by atoms with van der Waals surface area (Å²) in [5, 5.41) is 8.83. The van der Waals surface area contributed by atoms with Gasteiger partial charge in [0.15, 0.2) is 0 Å². The Labute approximate surface area is 147 Å². The highest BCUT2D eigenvalue weighted by molar-refractivity contribution is 5.97. The van der Waals surface area contributed by atoms with Gasteiger partial charge in [0.05, 0.1) is 6.54 Å². The third kappa shape index (κ3) is 3.91. The van der Waals surface area contributed by atoms with Gasteiger partial charge in [-0.25, -0.2) is 4.79 Å². The molecule has 0 bridgehead atoms. The van der Waals surface area contributed by atoms with Crippen molar-refractivity contribution in [2.24, 2.45) is 0 Å². The number of rotatable bonds is 5. The number of nitrogens with one attached hydrogen (secondary N) is 3. The second-order valence-electron chi connectivity index (χ2n) is 6.10. The summed E-state index contributed by atoms with van der Waals surface area (Å²) in [4.78, 5) is 25.6. The molecule has 0 saturated carbocycles. The van der Waals surface area contributed by atoms with Crippen molar-refractivity contribution in [3.63, 3.8) is 0 Å². The van der Waals surface area contributed by atoms with Crippen molar-refractivity contribution < 1.29 is 9.59 Å². The molecule has 2 aromatic rings. The smallest absolute Gasteiger partial charge is 0.321 e. The van der Waals surface area contributed by atoms with Crippen LogP contribution in [0.1, 0.15) is 11.1 Å². The van der Waals surface area contributed by atoms with E-state index in [9.17, 15) is 9.59 Å². The van der Waals surface area contributed by atoms with Gasteiger partial charge in [0.1, 0.15) is 0 Å². The lowest BCUT2D eigenvalue weighted by atomic mass is 10.1. The van der Waals surface area contributed by atoms with Crippen molar-refractivity contribution in [3.05, 3.63) is 53.6 Å². The number of hydrogen-bond donors (Lipinski definition) is 3. The zero-order chi connectivity index (χ0) is 17.8. The fourth-order valence-electron chi connectivity index (χ4n) is 2.94. The number of carbonyl (C=O) groups excluding carboxylic acids is 2. The molecule has 3 rings (SSSR count). The fraction of sp³-hybridized carbons (Fsp3) is 0.263. The van der Waals surface area contributed by atoms with Crippen molar-refractivity contribution in [1.82, 2.24) is 5.32 Å². The summed E-state index contributed by atoms with van der Waals surface area (Å²) in [6, 6.07) is 13.2. The van der Waals surface area contributed by atoms with E-state index in [1.165, 1.54) is 0 Å². The normalized spacial score (nSPS) is 13.5. The standard InChI is InChI=1S/C19H22N4O2/c1-13-5-3-6-14(2)18(13)21-12-17(24)22-15-7-4-8-16(11-15)23-10-9-20-19(23)25/h3-8,11,21H,9-10,12H2,1-2H3,(H,20,25)(H,22,24). The van der Waals surface area contributed by atoms with Crippen LogP contribution in [0.4, 0.5) is 21.9 Å². The maximum absolute atomic E-state index is 12.2. The molecule has 3 amide bonds. The van der Waals surface area contributed by atoms with E-state index in [1.54, 1.807) is 4.90 Å². The molecular formula is C19H22N4O2. The molecule has 0 radical (unpaired) electrons. The van der Waals surface area contributed by atoms with Gasteiger partial charge in [0.2, 0.25) is 5.91 Å². The Morgan fingerprint density at radius 2 is 1.88 bits per heavy atom. The average Bonchev–Trinajstić information content (AvgIpc) is 3.01.